The minimum atomic E-state index is -0.212. The van der Waals surface area contributed by atoms with Gasteiger partial charge in [-0.15, -0.1) is 0 Å². The predicted molar refractivity (Wildman–Crippen MR) is 115 cm³/mol. The summed E-state index contributed by atoms with van der Waals surface area (Å²) in [7, 11) is 0. The maximum Gasteiger partial charge on any atom is 0.275 e. The van der Waals surface area contributed by atoms with Gasteiger partial charge in [-0.25, -0.2) is 4.68 Å². The highest BCUT2D eigenvalue weighted by Crippen LogP contribution is 2.24. The maximum atomic E-state index is 13.0. The molecule has 3 aromatic carbocycles. The minimum Gasteiger partial charge on any atom is -0.337 e. The van der Waals surface area contributed by atoms with Gasteiger partial charge < -0.3 is 4.52 Å². The molecule has 0 fully saturated rings. The third-order valence-electron chi connectivity index (χ3n) is 4.77. The summed E-state index contributed by atoms with van der Waals surface area (Å²) in [5.74, 6) is 0.725. The topological polar surface area (TPSA) is 73.8 Å². The zero-order chi connectivity index (χ0) is 20.5. The van der Waals surface area contributed by atoms with Gasteiger partial charge in [0.1, 0.15) is 6.54 Å². The molecule has 6 nitrogen and oxygen atoms in total. The molecule has 5 rings (SSSR count). The first-order chi connectivity index (χ1) is 14.7. The SMILES string of the molecule is O=c1c2ccccc2c(-c2ccccc2)nn1Cc1nc(-c2ccc(Cl)cc2)no1. The normalized spacial score (nSPS) is 11.1. The molecule has 0 saturated carbocycles. The molecule has 0 saturated heterocycles. The van der Waals surface area contributed by atoms with E-state index in [1.54, 1.807) is 18.2 Å². The molecule has 0 bridgehead atoms. The Kier molecular flexibility index (Phi) is 4.61. The third-order valence-corrected chi connectivity index (χ3v) is 5.02. The molecule has 146 valence electrons. The lowest BCUT2D eigenvalue weighted by atomic mass is 10.1. The summed E-state index contributed by atoms with van der Waals surface area (Å²) in [6, 6.07) is 24.3. The van der Waals surface area contributed by atoms with Crippen molar-refractivity contribution >= 4 is 22.4 Å². The van der Waals surface area contributed by atoms with E-state index in [-0.39, 0.29) is 12.1 Å². The Labute approximate surface area is 176 Å². The fourth-order valence-electron chi connectivity index (χ4n) is 3.31. The molecule has 2 heterocycles. The van der Waals surface area contributed by atoms with Gasteiger partial charge in [0.15, 0.2) is 0 Å². The Morgan fingerprint density at radius 2 is 1.53 bits per heavy atom. The molecule has 0 aliphatic carbocycles. The van der Waals surface area contributed by atoms with E-state index in [0.717, 1.165) is 22.2 Å². The Morgan fingerprint density at radius 1 is 0.833 bits per heavy atom. The van der Waals surface area contributed by atoms with E-state index in [4.69, 9.17) is 16.1 Å². The second-order valence-electron chi connectivity index (χ2n) is 6.74. The van der Waals surface area contributed by atoms with Crippen molar-refractivity contribution in [3.8, 4) is 22.6 Å². The lowest BCUT2D eigenvalue weighted by Crippen LogP contribution is -2.24. The molecular weight excluding hydrogens is 400 g/mol. The fraction of sp³-hybridized carbons (Fsp3) is 0.0435. The average molecular weight is 415 g/mol. The quantitative estimate of drug-likeness (QED) is 0.421. The minimum absolute atomic E-state index is 0.0735. The van der Waals surface area contributed by atoms with Gasteiger partial charge in [-0.3, -0.25) is 4.79 Å². The van der Waals surface area contributed by atoms with Crippen molar-refractivity contribution in [2.24, 2.45) is 0 Å². The van der Waals surface area contributed by atoms with Crippen LogP contribution >= 0.6 is 11.6 Å². The van der Waals surface area contributed by atoms with Gasteiger partial charge in [-0.1, -0.05) is 65.3 Å². The average Bonchev–Trinajstić information content (AvgIpc) is 3.25. The van der Waals surface area contributed by atoms with Crippen molar-refractivity contribution in [1.29, 1.82) is 0 Å². The molecular formula is C23H15ClN4O2. The first kappa shape index (κ1) is 18.3. The van der Waals surface area contributed by atoms with Crippen molar-refractivity contribution in [1.82, 2.24) is 19.9 Å². The Hall–Kier alpha value is -3.77. The van der Waals surface area contributed by atoms with Crippen LogP contribution in [0.1, 0.15) is 5.89 Å². The summed E-state index contributed by atoms with van der Waals surface area (Å²) in [4.78, 5) is 17.4. The van der Waals surface area contributed by atoms with Gasteiger partial charge in [-0.05, 0) is 30.3 Å². The largest absolute Gasteiger partial charge is 0.337 e. The van der Waals surface area contributed by atoms with Crippen LogP contribution in [-0.4, -0.2) is 19.9 Å². The number of halogens is 1. The van der Waals surface area contributed by atoms with E-state index >= 15 is 0 Å². The molecule has 7 heteroatoms. The van der Waals surface area contributed by atoms with E-state index in [9.17, 15) is 4.79 Å². The monoisotopic (exact) mass is 414 g/mol. The number of hydrogen-bond donors (Lipinski definition) is 0. The Balaban J connectivity index is 1.58. The van der Waals surface area contributed by atoms with Gasteiger partial charge in [-0.2, -0.15) is 10.1 Å². The lowest BCUT2D eigenvalue weighted by molar-refractivity contribution is 0.364. The van der Waals surface area contributed by atoms with Crippen LogP contribution in [0.3, 0.4) is 0 Å². The van der Waals surface area contributed by atoms with Gasteiger partial charge in [0.2, 0.25) is 11.7 Å². The molecule has 0 unspecified atom stereocenters. The number of hydrogen-bond acceptors (Lipinski definition) is 5. The lowest BCUT2D eigenvalue weighted by Gasteiger charge is -2.09. The summed E-state index contributed by atoms with van der Waals surface area (Å²) in [6.45, 7) is 0.0735. The van der Waals surface area contributed by atoms with Crippen LogP contribution in [0, 0.1) is 0 Å². The number of nitrogens with zero attached hydrogens (tertiary/aromatic N) is 4. The van der Waals surface area contributed by atoms with Crippen molar-refractivity contribution in [2.45, 2.75) is 6.54 Å². The van der Waals surface area contributed by atoms with Crippen LogP contribution in [0.15, 0.2) is 88.2 Å². The van der Waals surface area contributed by atoms with Gasteiger partial charge in [0, 0.05) is 21.5 Å². The predicted octanol–water partition coefficient (Wildman–Crippen LogP) is 4.82. The highest BCUT2D eigenvalue weighted by Gasteiger charge is 2.15. The van der Waals surface area contributed by atoms with E-state index in [2.05, 4.69) is 15.2 Å². The second-order valence-corrected chi connectivity index (χ2v) is 7.18. The summed E-state index contributed by atoms with van der Waals surface area (Å²) in [5.41, 5.74) is 2.22. The third kappa shape index (κ3) is 3.38. The zero-order valence-electron chi connectivity index (χ0n) is 15.7. The molecule has 0 aliphatic heterocycles. The number of rotatable bonds is 4. The molecule has 30 heavy (non-hydrogen) atoms. The van der Waals surface area contributed by atoms with Crippen LogP contribution in [0.4, 0.5) is 0 Å². The van der Waals surface area contributed by atoms with Crippen molar-refractivity contribution < 1.29 is 4.52 Å². The molecule has 0 aliphatic rings. The van der Waals surface area contributed by atoms with E-state index in [1.165, 1.54) is 4.68 Å². The summed E-state index contributed by atoms with van der Waals surface area (Å²) >= 11 is 5.93. The first-order valence-electron chi connectivity index (χ1n) is 9.33. The number of benzene rings is 3. The number of aromatic nitrogens is 4. The van der Waals surface area contributed by atoms with Gasteiger partial charge in [0.25, 0.3) is 5.56 Å². The molecule has 0 N–H and O–H groups in total. The van der Waals surface area contributed by atoms with Crippen LogP contribution in [-0.2, 0) is 6.54 Å². The van der Waals surface area contributed by atoms with E-state index < -0.39 is 0 Å². The maximum absolute atomic E-state index is 13.0. The summed E-state index contributed by atoms with van der Waals surface area (Å²) in [5, 5.41) is 10.6. The molecule has 5 aromatic rings. The van der Waals surface area contributed by atoms with Crippen LogP contribution in [0.25, 0.3) is 33.4 Å². The second kappa shape index (κ2) is 7.57. The van der Waals surface area contributed by atoms with E-state index in [0.29, 0.717) is 22.1 Å². The Morgan fingerprint density at radius 3 is 2.30 bits per heavy atom. The smallest absolute Gasteiger partial charge is 0.275 e. The molecule has 0 atom stereocenters. The standard InChI is InChI=1S/C23H15ClN4O2/c24-17-12-10-16(11-13-17)22-25-20(30-27-22)14-28-23(29)19-9-5-4-8-18(19)21(26-28)15-6-2-1-3-7-15/h1-13H,14H2. The highest BCUT2D eigenvalue weighted by atomic mass is 35.5. The van der Waals surface area contributed by atoms with Crippen LogP contribution in [0.2, 0.25) is 5.02 Å². The molecule has 2 aromatic heterocycles. The molecule has 0 spiro atoms. The fourth-order valence-corrected chi connectivity index (χ4v) is 3.44. The van der Waals surface area contributed by atoms with Crippen molar-refractivity contribution in [3.05, 3.63) is 100 Å². The zero-order valence-corrected chi connectivity index (χ0v) is 16.5. The van der Waals surface area contributed by atoms with Crippen LogP contribution in [0.5, 0.6) is 0 Å². The molecule has 0 amide bonds. The number of fused-ring (bicyclic) bond motifs is 1. The van der Waals surface area contributed by atoms with E-state index in [1.807, 2.05) is 60.7 Å². The summed E-state index contributed by atoms with van der Waals surface area (Å²) in [6.07, 6.45) is 0. The molecule has 0 radical (unpaired) electrons. The Bertz CT molecular complexity index is 1390. The highest BCUT2D eigenvalue weighted by molar-refractivity contribution is 6.30. The van der Waals surface area contributed by atoms with Crippen molar-refractivity contribution in [2.75, 3.05) is 0 Å². The van der Waals surface area contributed by atoms with Gasteiger partial charge >= 0.3 is 0 Å². The van der Waals surface area contributed by atoms with Gasteiger partial charge in [0.05, 0.1) is 11.1 Å². The summed E-state index contributed by atoms with van der Waals surface area (Å²) < 4.78 is 6.74. The van der Waals surface area contributed by atoms with Crippen molar-refractivity contribution in [3.63, 3.8) is 0 Å². The van der Waals surface area contributed by atoms with Crippen LogP contribution < -0.4 is 5.56 Å². The first-order valence-corrected chi connectivity index (χ1v) is 9.70.